The van der Waals surface area contributed by atoms with Crippen molar-refractivity contribution < 1.29 is 9.53 Å². The first kappa shape index (κ1) is 13.5. The van der Waals surface area contributed by atoms with E-state index in [1.807, 2.05) is 12.1 Å². The molecule has 0 radical (unpaired) electrons. The summed E-state index contributed by atoms with van der Waals surface area (Å²) in [6.45, 7) is 6.72. The molecule has 4 heteroatoms. The molecule has 0 fully saturated rings. The van der Waals surface area contributed by atoms with Gasteiger partial charge in [-0.15, -0.1) is 0 Å². The van der Waals surface area contributed by atoms with Gasteiger partial charge in [-0.3, -0.25) is 0 Å². The first-order chi connectivity index (χ1) is 8.22. The van der Waals surface area contributed by atoms with Gasteiger partial charge >= 0.3 is 5.97 Å². The smallest absolute Gasteiger partial charge is 0.338 e. The van der Waals surface area contributed by atoms with E-state index in [0.717, 1.165) is 18.8 Å². The second kappa shape index (κ2) is 6.91. The van der Waals surface area contributed by atoms with Crippen LogP contribution >= 0.6 is 0 Å². The monoisotopic (exact) mass is 236 g/mol. The molecule has 2 N–H and O–H groups in total. The number of carbonyl (C=O) groups is 1. The zero-order chi connectivity index (χ0) is 12.7. The van der Waals surface area contributed by atoms with Crippen molar-refractivity contribution in [3.8, 4) is 0 Å². The Bertz CT molecular complexity index is 345. The largest absolute Gasteiger partial charge is 0.461 e. The molecule has 0 heterocycles. The summed E-state index contributed by atoms with van der Waals surface area (Å²) >= 11 is 0. The summed E-state index contributed by atoms with van der Waals surface area (Å²) in [6.07, 6.45) is 0. The molecular weight excluding hydrogens is 216 g/mol. The minimum atomic E-state index is -0.318. The number of nitrogens with two attached hydrogens (primary N) is 1. The normalized spacial score (nSPS) is 10.1. The van der Waals surface area contributed by atoms with Gasteiger partial charge in [0, 0.05) is 25.3 Å². The molecule has 4 nitrogen and oxygen atoms in total. The molecule has 0 saturated heterocycles. The summed E-state index contributed by atoms with van der Waals surface area (Å²) in [5, 5.41) is 0. The van der Waals surface area contributed by atoms with Crippen LogP contribution in [0.2, 0.25) is 0 Å². The van der Waals surface area contributed by atoms with Crippen LogP contribution in [0, 0.1) is 0 Å². The lowest BCUT2D eigenvalue weighted by atomic mass is 10.2. The molecule has 0 unspecified atom stereocenters. The molecule has 1 aromatic carbocycles. The maximum Gasteiger partial charge on any atom is 0.338 e. The fourth-order valence-electron chi connectivity index (χ4n) is 1.63. The molecule has 0 aliphatic rings. The molecule has 0 saturated carbocycles. The van der Waals surface area contributed by atoms with Gasteiger partial charge in [0.15, 0.2) is 0 Å². The summed E-state index contributed by atoms with van der Waals surface area (Å²) < 4.78 is 4.95. The van der Waals surface area contributed by atoms with Crippen molar-refractivity contribution in [1.82, 2.24) is 0 Å². The minimum Gasteiger partial charge on any atom is -0.461 e. The molecule has 0 aliphatic carbocycles. The van der Waals surface area contributed by atoms with Crippen LogP contribution in [0.1, 0.15) is 24.2 Å². The Morgan fingerprint density at radius 1 is 1.24 bits per heavy atom. The van der Waals surface area contributed by atoms with Crippen LogP contribution in [-0.4, -0.2) is 32.2 Å². The molecule has 0 spiro atoms. The lowest BCUT2D eigenvalue weighted by Crippen LogP contribution is -2.21. The van der Waals surface area contributed by atoms with Gasteiger partial charge in [-0.2, -0.15) is 0 Å². The highest BCUT2D eigenvalue weighted by molar-refractivity contribution is 5.89. The molecule has 17 heavy (non-hydrogen) atoms. The number of anilines is 1. The highest BCUT2D eigenvalue weighted by Gasteiger charge is 2.07. The van der Waals surface area contributed by atoms with Gasteiger partial charge in [0.25, 0.3) is 0 Å². The molecule has 0 aromatic heterocycles. The molecule has 0 amide bonds. The molecule has 94 valence electrons. The van der Waals surface area contributed by atoms with E-state index in [1.165, 1.54) is 0 Å². The Hall–Kier alpha value is -1.55. The molecule has 1 rings (SSSR count). The summed E-state index contributed by atoms with van der Waals surface area (Å²) in [6, 6.07) is 7.44. The van der Waals surface area contributed by atoms with Crippen LogP contribution in [0.5, 0.6) is 0 Å². The van der Waals surface area contributed by atoms with Gasteiger partial charge < -0.3 is 15.4 Å². The molecule has 0 atom stereocenters. The van der Waals surface area contributed by atoms with Crippen LogP contribution in [0.15, 0.2) is 24.3 Å². The Kier molecular flexibility index (Phi) is 5.49. The van der Waals surface area contributed by atoms with Crippen molar-refractivity contribution in [2.24, 2.45) is 5.73 Å². The number of rotatable bonds is 6. The third-order valence-electron chi connectivity index (χ3n) is 2.58. The van der Waals surface area contributed by atoms with Gasteiger partial charge in [-0.1, -0.05) is 0 Å². The average Bonchev–Trinajstić information content (AvgIpc) is 2.38. The van der Waals surface area contributed by atoms with Crippen molar-refractivity contribution in [3.05, 3.63) is 29.8 Å². The van der Waals surface area contributed by atoms with Gasteiger partial charge in [0.05, 0.1) is 5.56 Å². The Labute approximate surface area is 102 Å². The predicted molar refractivity (Wildman–Crippen MR) is 69.3 cm³/mol. The minimum absolute atomic E-state index is 0.261. The Morgan fingerprint density at radius 3 is 2.29 bits per heavy atom. The second-order valence-electron chi connectivity index (χ2n) is 3.64. The third-order valence-corrected chi connectivity index (χ3v) is 2.58. The van der Waals surface area contributed by atoms with Crippen LogP contribution < -0.4 is 10.6 Å². The summed E-state index contributed by atoms with van der Waals surface area (Å²) in [4.78, 5) is 13.7. The predicted octanol–water partition coefficient (Wildman–Crippen LogP) is 1.65. The van der Waals surface area contributed by atoms with Crippen molar-refractivity contribution in [2.75, 3.05) is 31.1 Å². The molecule has 0 bridgehead atoms. The van der Waals surface area contributed by atoms with E-state index in [-0.39, 0.29) is 12.6 Å². The van der Waals surface area contributed by atoms with Gasteiger partial charge in [-0.25, -0.2) is 4.79 Å². The summed E-state index contributed by atoms with van der Waals surface area (Å²) in [7, 11) is 0. The summed E-state index contributed by atoms with van der Waals surface area (Å²) in [5.41, 5.74) is 6.95. The second-order valence-corrected chi connectivity index (χ2v) is 3.64. The fourth-order valence-corrected chi connectivity index (χ4v) is 1.63. The lowest BCUT2D eigenvalue weighted by molar-refractivity contribution is 0.0517. The van der Waals surface area contributed by atoms with E-state index in [4.69, 9.17) is 10.5 Å². The van der Waals surface area contributed by atoms with Crippen LogP contribution in [0.4, 0.5) is 5.69 Å². The van der Waals surface area contributed by atoms with Crippen LogP contribution in [0.3, 0.4) is 0 Å². The SMILES string of the molecule is CCN(CC)c1ccc(C(=O)OCCN)cc1. The molecule has 1 aromatic rings. The number of carbonyl (C=O) groups excluding carboxylic acids is 1. The van der Waals surface area contributed by atoms with E-state index < -0.39 is 0 Å². The van der Waals surface area contributed by atoms with Crippen molar-refractivity contribution in [1.29, 1.82) is 0 Å². The average molecular weight is 236 g/mol. The van der Waals surface area contributed by atoms with E-state index in [1.54, 1.807) is 12.1 Å². The molecular formula is C13H20N2O2. The van der Waals surface area contributed by atoms with Crippen molar-refractivity contribution in [2.45, 2.75) is 13.8 Å². The van der Waals surface area contributed by atoms with Gasteiger partial charge in [0.2, 0.25) is 0 Å². The summed E-state index contributed by atoms with van der Waals surface area (Å²) in [5.74, 6) is -0.318. The van der Waals surface area contributed by atoms with E-state index in [2.05, 4.69) is 18.7 Å². The maximum absolute atomic E-state index is 11.5. The van der Waals surface area contributed by atoms with E-state index >= 15 is 0 Å². The van der Waals surface area contributed by atoms with Gasteiger partial charge in [-0.05, 0) is 38.1 Å². The zero-order valence-corrected chi connectivity index (χ0v) is 10.5. The van der Waals surface area contributed by atoms with E-state index in [0.29, 0.717) is 12.1 Å². The lowest BCUT2D eigenvalue weighted by Gasteiger charge is -2.20. The van der Waals surface area contributed by atoms with Crippen molar-refractivity contribution in [3.63, 3.8) is 0 Å². The number of esters is 1. The zero-order valence-electron chi connectivity index (χ0n) is 10.5. The molecule has 0 aliphatic heterocycles. The number of benzene rings is 1. The van der Waals surface area contributed by atoms with Crippen LogP contribution in [-0.2, 0) is 4.74 Å². The Morgan fingerprint density at radius 2 is 1.82 bits per heavy atom. The fraction of sp³-hybridized carbons (Fsp3) is 0.462. The number of hydrogen-bond donors (Lipinski definition) is 1. The highest BCUT2D eigenvalue weighted by Crippen LogP contribution is 2.15. The number of ether oxygens (including phenoxy) is 1. The topological polar surface area (TPSA) is 55.6 Å². The third kappa shape index (κ3) is 3.75. The quantitative estimate of drug-likeness (QED) is 0.763. The first-order valence-electron chi connectivity index (χ1n) is 5.95. The number of hydrogen-bond acceptors (Lipinski definition) is 4. The Balaban J connectivity index is 2.70. The van der Waals surface area contributed by atoms with E-state index in [9.17, 15) is 4.79 Å². The standard InChI is InChI=1S/C13H20N2O2/c1-3-15(4-2)12-7-5-11(6-8-12)13(16)17-10-9-14/h5-8H,3-4,9-10,14H2,1-2H3. The van der Waals surface area contributed by atoms with Gasteiger partial charge in [0.1, 0.15) is 6.61 Å². The number of nitrogens with zero attached hydrogens (tertiary/aromatic N) is 1. The van der Waals surface area contributed by atoms with Crippen LogP contribution in [0.25, 0.3) is 0 Å². The first-order valence-corrected chi connectivity index (χ1v) is 5.95. The maximum atomic E-state index is 11.5. The van der Waals surface area contributed by atoms with Crippen molar-refractivity contribution >= 4 is 11.7 Å². The highest BCUT2D eigenvalue weighted by atomic mass is 16.5.